The van der Waals surface area contributed by atoms with Gasteiger partial charge in [0.1, 0.15) is 0 Å². The van der Waals surface area contributed by atoms with Gasteiger partial charge < -0.3 is 20.0 Å². The number of nitrogens with zero attached hydrogens (tertiary/aromatic N) is 2. The summed E-state index contributed by atoms with van der Waals surface area (Å²) in [5, 5.41) is 17.3. The lowest BCUT2D eigenvalue weighted by Gasteiger charge is -2.17. The predicted octanol–water partition coefficient (Wildman–Crippen LogP) is 0.350. The largest absolute Gasteiger partial charge is 0.465 e. The van der Waals surface area contributed by atoms with Crippen LogP contribution in [0.5, 0.6) is 0 Å². The Balaban J connectivity index is 2.48. The van der Waals surface area contributed by atoms with E-state index in [1.165, 1.54) is 9.80 Å². The molecule has 1 aliphatic heterocycles. The molecule has 0 spiro atoms. The predicted molar refractivity (Wildman–Crippen MR) is 43.8 cm³/mol. The summed E-state index contributed by atoms with van der Waals surface area (Å²) >= 11 is 0. The van der Waals surface area contributed by atoms with Crippen LogP contribution in [-0.4, -0.2) is 58.4 Å². The molecule has 1 fully saturated rings. The van der Waals surface area contributed by atoms with E-state index in [1.54, 1.807) is 0 Å². The number of carboxylic acid groups (broad SMARTS) is 2. The van der Waals surface area contributed by atoms with Gasteiger partial charge in [0.05, 0.1) is 0 Å². The number of carbonyl (C=O) groups is 2. The second-order valence-corrected chi connectivity index (χ2v) is 2.89. The number of hydrogen-bond acceptors (Lipinski definition) is 2. The summed E-state index contributed by atoms with van der Waals surface area (Å²) in [6.07, 6.45) is -1.39. The third kappa shape index (κ3) is 2.50. The Kier molecular flexibility index (Phi) is 2.94. The molecule has 1 aliphatic rings. The van der Waals surface area contributed by atoms with E-state index < -0.39 is 12.2 Å². The maximum absolute atomic E-state index is 10.5. The first-order valence-electron chi connectivity index (χ1n) is 4.07. The van der Waals surface area contributed by atoms with Crippen LogP contribution in [0.1, 0.15) is 6.42 Å². The van der Waals surface area contributed by atoms with Crippen LogP contribution >= 0.6 is 0 Å². The summed E-state index contributed by atoms with van der Waals surface area (Å²) in [5.41, 5.74) is 0. The molecular weight excluding hydrogens is 176 g/mol. The van der Waals surface area contributed by atoms with Crippen LogP contribution in [0, 0.1) is 0 Å². The highest BCUT2D eigenvalue weighted by Gasteiger charge is 2.20. The van der Waals surface area contributed by atoms with Crippen LogP contribution in [0.2, 0.25) is 0 Å². The lowest BCUT2D eigenvalue weighted by atomic mass is 10.4. The second kappa shape index (κ2) is 3.97. The molecule has 0 unspecified atom stereocenters. The van der Waals surface area contributed by atoms with E-state index in [9.17, 15) is 9.59 Å². The molecular formula is C7H12N2O4. The monoisotopic (exact) mass is 188 g/mol. The van der Waals surface area contributed by atoms with Crippen molar-refractivity contribution in [3.8, 4) is 0 Å². The summed E-state index contributed by atoms with van der Waals surface area (Å²) in [5.74, 6) is 0. The number of rotatable bonds is 0. The van der Waals surface area contributed by atoms with Crippen molar-refractivity contribution in [1.29, 1.82) is 0 Å². The lowest BCUT2D eigenvalue weighted by Crippen LogP contribution is -2.35. The van der Waals surface area contributed by atoms with E-state index in [1.807, 2.05) is 0 Å². The normalized spacial score (nSPS) is 18.2. The molecule has 1 heterocycles. The molecule has 0 aromatic heterocycles. The number of hydrogen-bond donors (Lipinski definition) is 2. The molecule has 6 nitrogen and oxygen atoms in total. The van der Waals surface area contributed by atoms with E-state index >= 15 is 0 Å². The van der Waals surface area contributed by atoms with E-state index in [2.05, 4.69) is 0 Å². The molecule has 74 valence electrons. The molecule has 0 saturated carbocycles. The van der Waals surface area contributed by atoms with E-state index in [0.717, 1.165) is 0 Å². The first-order chi connectivity index (χ1) is 6.11. The van der Waals surface area contributed by atoms with Gasteiger partial charge >= 0.3 is 12.2 Å². The molecule has 2 N–H and O–H groups in total. The average molecular weight is 188 g/mol. The maximum Gasteiger partial charge on any atom is 0.407 e. The highest BCUT2D eigenvalue weighted by Crippen LogP contribution is 2.03. The zero-order chi connectivity index (χ0) is 9.84. The van der Waals surface area contributed by atoms with Crippen molar-refractivity contribution in [2.45, 2.75) is 6.42 Å². The zero-order valence-electron chi connectivity index (χ0n) is 7.14. The van der Waals surface area contributed by atoms with Crippen LogP contribution in [-0.2, 0) is 0 Å². The minimum absolute atomic E-state index is 0.266. The smallest absolute Gasteiger partial charge is 0.407 e. The van der Waals surface area contributed by atoms with Gasteiger partial charge in [-0.3, -0.25) is 0 Å². The van der Waals surface area contributed by atoms with Gasteiger partial charge in [-0.1, -0.05) is 0 Å². The highest BCUT2D eigenvalue weighted by molar-refractivity contribution is 5.66. The van der Waals surface area contributed by atoms with Crippen molar-refractivity contribution in [3.05, 3.63) is 0 Å². The van der Waals surface area contributed by atoms with Crippen LogP contribution in [0.15, 0.2) is 0 Å². The van der Waals surface area contributed by atoms with Gasteiger partial charge in [0.25, 0.3) is 0 Å². The fraction of sp³-hybridized carbons (Fsp3) is 0.714. The summed E-state index contributed by atoms with van der Waals surface area (Å²) in [6.45, 7) is 1.36. The van der Waals surface area contributed by atoms with Crippen LogP contribution in [0.3, 0.4) is 0 Å². The first-order valence-corrected chi connectivity index (χ1v) is 4.07. The standard InChI is InChI=1S/C7H12N2O4/c10-6(11)8-2-1-3-9(5-4-8)7(12)13/h1-5H2,(H,10,11)(H,12,13). The Labute approximate surface area is 75.4 Å². The fourth-order valence-electron chi connectivity index (χ4n) is 1.30. The maximum atomic E-state index is 10.5. The third-order valence-electron chi connectivity index (χ3n) is 2.04. The lowest BCUT2D eigenvalue weighted by molar-refractivity contribution is 0.137. The first kappa shape index (κ1) is 9.63. The van der Waals surface area contributed by atoms with E-state index in [4.69, 9.17) is 10.2 Å². The molecule has 0 radical (unpaired) electrons. The van der Waals surface area contributed by atoms with Crippen molar-refractivity contribution in [2.24, 2.45) is 0 Å². The molecule has 0 aromatic carbocycles. The minimum Gasteiger partial charge on any atom is -0.465 e. The molecule has 1 rings (SSSR count). The van der Waals surface area contributed by atoms with Gasteiger partial charge in [-0.15, -0.1) is 0 Å². The second-order valence-electron chi connectivity index (χ2n) is 2.89. The highest BCUT2D eigenvalue weighted by atomic mass is 16.4. The Bertz CT molecular complexity index is 197. The SMILES string of the molecule is O=C(O)N1CCCN(C(=O)O)CC1. The topological polar surface area (TPSA) is 81.1 Å². The summed E-state index contributed by atoms with van der Waals surface area (Å²) in [6, 6.07) is 0. The molecule has 6 heteroatoms. The molecule has 2 amide bonds. The fourth-order valence-corrected chi connectivity index (χ4v) is 1.30. The number of amides is 2. The van der Waals surface area contributed by atoms with Crippen molar-refractivity contribution >= 4 is 12.2 Å². The van der Waals surface area contributed by atoms with Crippen LogP contribution < -0.4 is 0 Å². The summed E-state index contributed by atoms with van der Waals surface area (Å²) in [4.78, 5) is 23.6. The molecule has 0 atom stereocenters. The molecule has 0 bridgehead atoms. The van der Waals surface area contributed by atoms with Gasteiger partial charge in [0.2, 0.25) is 0 Å². The molecule has 0 aromatic rings. The van der Waals surface area contributed by atoms with Crippen LogP contribution in [0.25, 0.3) is 0 Å². The van der Waals surface area contributed by atoms with Gasteiger partial charge in [-0.05, 0) is 6.42 Å². The van der Waals surface area contributed by atoms with Crippen molar-refractivity contribution in [3.63, 3.8) is 0 Å². The van der Waals surface area contributed by atoms with E-state index in [-0.39, 0.29) is 13.1 Å². The van der Waals surface area contributed by atoms with Crippen molar-refractivity contribution in [1.82, 2.24) is 9.80 Å². The Hall–Kier alpha value is -1.46. The van der Waals surface area contributed by atoms with Gasteiger partial charge in [-0.25, -0.2) is 9.59 Å². The van der Waals surface area contributed by atoms with Crippen LogP contribution in [0.4, 0.5) is 9.59 Å². The molecule has 13 heavy (non-hydrogen) atoms. The average Bonchev–Trinajstić information content (AvgIpc) is 2.27. The Morgan fingerprint density at radius 3 is 1.54 bits per heavy atom. The van der Waals surface area contributed by atoms with Crippen molar-refractivity contribution < 1.29 is 19.8 Å². The van der Waals surface area contributed by atoms with Gasteiger partial charge in [-0.2, -0.15) is 0 Å². The molecule has 1 saturated heterocycles. The van der Waals surface area contributed by atoms with Crippen molar-refractivity contribution in [2.75, 3.05) is 26.2 Å². The summed E-state index contributed by atoms with van der Waals surface area (Å²) < 4.78 is 0. The summed E-state index contributed by atoms with van der Waals surface area (Å²) in [7, 11) is 0. The Morgan fingerprint density at radius 2 is 1.23 bits per heavy atom. The van der Waals surface area contributed by atoms with E-state index in [0.29, 0.717) is 19.5 Å². The minimum atomic E-state index is -0.979. The van der Waals surface area contributed by atoms with Gasteiger partial charge in [0, 0.05) is 26.2 Å². The molecule has 0 aliphatic carbocycles. The zero-order valence-corrected chi connectivity index (χ0v) is 7.14. The Morgan fingerprint density at radius 1 is 0.846 bits per heavy atom. The quantitative estimate of drug-likeness (QED) is 0.574. The third-order valence-corrected chi connectivity index (χ3v) is 2.04. The van der Waals surface area contributed by atoms with Gasteiger partial charge in [0.15, 0.2) is 0 Å².